The van der Waals surface area contributed by atoms with E-state index in [0.717, 1.165) is 28.1 Å². The van der Waals surface area contributed by atoms with Crippen molar-refractivity contribution in [3.63, 3.8) is 0 Å². The number of aromatic nitrogens is 2. The number of esters is 1. The molecule has 0 spiro atoms. The molecule has 0 aliphatic carbocycles. The Hall–Kier alpha value is -4.14. The maximum atomic E-state index is 13.3. The van der Waals surface area contributed by atoms with E-state index in [9.17, 15) is 14.4 Å². The molecule has 1 heterocycles. The van der Waals surface area contributed by atoms with Crippen LogP contribution >= 0.6 is 0 Å². The third-order valence-corrected chi connectivity index (χ3v) is 5.56. The molecule has 0 radical (unpaired) electrons. The molecule has 3 aromatic rings. The highest BCUT2D eigenvalue weighted by Crippen LogP contribution is 2.33. The minimum Gasteiger partial charge on any atom is -0.465 e. The summed E-state index contributed by atoms with van der Waals surface area (Å²) in [5.41, 5.74) is 4.39. The number of nitrogens with one attached hydrogen (secondary N) is 2. The fraction of sp³-hybridized carbons (Fsp3) is 0.357. The number of hydrogen-bond acceptors (Lipinski definition) is 5. The number of hydrogen-bond donors (Lipinski definition) is 2. The second-order valence-electron chi connectivity index (χ2n) is 9.21. The number of carbonyl (C=O) groups excluding carboxylic acids is 3. The van der Waals surface area contributed by atoms with E-state index in [1.165, 1.54) is 4.90 Å². The third kappa shape index (κ3) is 7.42. The van der Waals surface area contributed by atoms with Crippen LogP contribution in [0, 0.1) is 19.8 Å². The second kappa shape index (κ2) is 12.7. The fourth-order valence-electron chi connectivity index (χ4n) is 3.94. The number of anilines is 1. The Kier molecular flexibility index (Phi) is 9.43. The van der Waals surface area contributed by atoms with Crippen molar-refractivity contribution in [1.82, 2.24) is 20.0 Å². The van der Waals surface area contributed by atoms with Gasteiger partial charge in [-0.15, -0.1) is 0 Å². The first-order chi connectivity index (χ1) is 17.7. The number of nitrogens with zero attached hydrogens (tertiary/aromatic N) is 3. The number of aryl methyl sites for hydroxylation is 2. The smallest absolute Gasteiger partial charge is 0.325 e. The van der Waals surface area contributed by atoms with Crippen molar-refractivity contribution in [2.24, 2.45) is 5.92 Å². The van der Waals surface area contributed by atoms with Crippen molar-refractivity contribution in [2.75, 3.05) is 31.6 Å². The molecule has 0 aliphatic rings. The molecule has 0 fully saturated rings. The Bertz CT molecular complexity index is 1220. The largest absolute Gasteiger partial charge is 0.465 e. The van der Waals surface area contributed by atoms with Crippen LogP contribution in [0.3, 0.4) is 0 Å². The molecule has 3 rings (SSSR count). The van der Waals surface area contributed by atoms with Crippen molar-refractivity contribution >= 4 is 23.7 Å². The summed E-state index contributed by atoms with van der Waals surface area (Å²) in [6.45, 7) is 9.61. The van der Waals surface area contributed by atoms with Gasteiger partial charge in [0, 0.05) is 12.1 Å². The Balaban J connectivity index is 1.89. The lowest BCUT2D eigenvalue weighted by Gasteiger charge is -2.24. The van der Waals surface area contributed by atoms with Crippen LogP contribution in [0.15, 0.2) is 54.6 Å². The highest BCUT2D eigenvalue weighted by Gasteiger charge is 2.23. The number of ether oxygens (including phenoxy) is 1. The van der Waals surface area contributed by atoms with Gasteiger partial charge in [-0.3, -0.25) is 9.59 Å². The van der Waals surface area contributed by atoms with Gasteiger partial charge in [0.15, 0.2) is 0 Å². The van der Waals surface area contributed by atoms with Crippen molar-refractivity contribution in [1.29, 1.82) is 0 Å². The fourth-order valence-corrected chi connectivity index (χ4v) is 3.94. The molecule has 0 aliphatic heterocycles. The van der Waals surface area contributed by atoms with Gasteiger partial charge in [-0.05, 0) is 44.4 Å². The van der Waals surface area contributed by atoms with Gasteiger partial charge in [-0.2, -0.15) is 5.10 Å². The quantitative estimate of drug-likeness (QED) is 0.399. The van der Waals surface area contributed by atoms with Crippen LogP contribution in [0.2, 0.25) is 0 Å². The topological polar surface area (TPSA) is 106 Å². The zero-order valence-electron chi connectivity index (χ0n) is 22.1. The van der Waals surface area contributed by atoms with Crippen molar-refractivity contribution in [3.05, 3.63) is 65.9 Å². The Morgan fingerprint density at radius 3 is 2.32 bits per heavy atom. The van der Waals surface area contributed by atoms with Gasteiger partial charge in [-0.25, -0.2) is 9.48 Å². The van der Waals surface area contributed by atoms with Crippen LogP contribution in [0.5, 0.6) is 0 Å². The molecule has 1 aromatic heterocycles. The monoisotopic (exact) mass is 505 g/mol. The highest BCUT2D eigenvalue weighted by atomic mass is 16.5. The first-order valence-corrected chi connectivity index (χ1v) is 12.4. The Morgan fingerprint density at radius 2 is 1.70 bits per heavy atom. The zero-order valence-corrected chi connectivity index (χ0v) is 22.1. The molecule has 0 bridgehead atoms. The molecule has 2 N–H and O–H groups in total. The van der Waals surface area contributed by atoms with Crippen molar-refractivity contribution < 1.29 is 19.1 Å². The summed E-state index contributed by atoms with van der Waals surface area (Å²) < 4.78 is 6.58. The highest BCUT2D eigenvalue weighted by molar-refractivity contribution is 5.98. The van der Waals surface area contributed by atoms with Crippen molar-refractivity contribution in [2.45, 2.75) is 34.6 Å². The molecule has 9 heteroatoms. The van der Waals surface area contributed by atoms with Crippen LogP contribution in [0.1, 0.15) is 32.0 Å². The van der Waals surface area contributed by atoms with Crippen LogP contribution in [-0.4, -0.2) is 58.8 Å². The van der Waals surface area contributed by atoms with Gasteiger partial charge < -0.3 is 20.3 Å². The minimum absolute atomic E-state index is 0.112. The molecule has 3 amide bonds. The van der Waals surface area contributed by atoms with E-state index in [-0.39, 0.29) is 31.5 Å². The van der Waals surface area contributed by atoms with Crippen molar-refractivity contribution in [3.8, 4) is 16.8 Å². The summed E-state index contributed by atoms with van der Waals surface area (Å²) in [7, 11) is 0. The molecule has 0 atom stereocenters. The number of amides is 3. The van der Waals surface area contributed by atoms with E-state index in [4.69, 9.17) is 9.84 Å². The standard InChI is InChI=1S/C28H35N5O4/c1-6-37-25(35)16-29-28(36)32(17-19(2)3)18-24(34)30-27-26(22-10-8-7-9-11-22)21(5)31-33(27)23-14-12-20(4)13-15-23/h7-15,19H,6,16-18H2,1-5H3,(H,29,36)(H,30,34). The Labute approximate surface area is 217 Å². The van der Waals surface area contributed by atoms with E-state index in [2.05, 4.69) is 10.6 Å². The molecular formula is C28H35N5O4. The van der Waals surface area contributed by atoms with Gasteiger partial charge in [0.1, 0.15) is 18.9 Å². The zero-order chi connectivity index (χ0) is 26.9. The van der Waals surface area contributed by atoms with E-state index in [0.29, 0.717) is 12.4 Å². The average molecular weight is 506 g/mol. The van der Waals surface area contributed by atoms with E-state index in [1.54, 1.807) is 11.6 Å². The SMILES string of the molecule is CCOC(=O)CNC(=O)N(CC(=O)Nc1c(-c2ccccc2)c(C)nn1-c1ccc(C)cc1)CC(C)C. The van der Waals surface area contributed by atoms with E-state index in [1.807, 2.05) is 82.3 Å². The van der Waals surface area contributed by atoms with Crippen LogP contribution < -0.4 is 10.6 Å². The predicted octanol–water partition coefficient (Wildman–Crippen LogP) is 4.33. The molecule has 37 heavy (non-hydrogen) atoms. The third-order valence-electron chi connectivity index (χ3n) is 5.56. The minimum atomic E-state index is -0.533. The Morgan fingerprint density at radius 1 is 1.03 bits per heavy atom. The maximum Gasteiger partial charge on any atom is 0.325 e. The van der Waals surface area contributed by atoms with E-state index < -0.39 is 12.0 Å². The number of urea groups is 1. The van der Waals surface area contributed by atoms with Crippen LogP contribution in [0.4, 0.5) is 10.6 Å². The van der Waals surface area contributed by atoms with Gasteiger partial charge in [-0.1, -0.05) is 61.9 Å². The van der Waals surface area contributed by atoms with Crippen LogP contribution in [0.25, 0.3) is 16.8 Å². The normalized spacial score (nSPS) is 10.8. The summed E-state index contributed by atoms with van der Waals surface area (Å²) in [5.74, 6) is -0.275. The molecule has 196 valence electrons. The lowest BCUT2D eigenvalue weighted by atomic mass is 10.1. The molecule has 2 aromatic carbocycles. The molecule has 9 nitrogen and oxygen atoms in total. The van der Waals surface area contributed by atoms with Gasteiger partial charge in [0.05, 0.1) is 18.0 Å². The number of benzene rings is 2. The van der Waals surface area contributed by atoms with Gasteiger partial charge in [0.25, 0.3) is 0 Å². The lowest BCUT2D eigenvalue weighted by Crippen LogP contribution is -2.47. The molecule has 0 unspecified atom stereocenters. The molecular weight excluding hydrogens is 470 g/mol. The lowest BCUT2D eigenvalue weighted by molar-refractivity contribution is -0.141. The summed E-state index contributed by atoms with van der Waals surface area (Å²) in [6.07, 6.45) is 0. The summed E-state index contributed by atoms with van der Waals surface area (Å²) in [4.78, 5) is 39.2. The summed E-state index contributed by atoms with van der Waals surface area (Å²) >= 11 is 0. The first kappa shape index (κ1) is 27.4. The maximum absolute atomic E-state index is 13.3. The molecule has 0 saturated carbocycles. The predicted molar refractivity (Wildman–Crippen MR) is 144 cm³/mol. The average Bonchev–Trinajstić information content (AvgIpc) is 3.18. The number of rotatable bonds is 10. The first-order valence-electron chi connectivity index (χ1n) is 12.4. The van der Waals surface area contributed by atoms with Gasteiger partial charge >= 0.3 is 12.0 Å². The number of carbonyl (C=O) groups is 3. The van der Waals surface area contributed by atoms with E-state index >= 15 is 0 Å². The summed E-state index contributed by atoms with van der Waals surface area (Å²) in [5, 5.41) is 10.3. The van der Waals surface area contributed by atoms with Crippen LogP contribution in [-0.2, 0) is 14.3 Å². The second-order valence-corrected chi connectivity index (χ2v) is 9.21. The summed E-state index contributed by atoms with van der Waals surface area (Å²) in [6, 6.07) is 17.1. The van der Waals surface area contributed by atoms with Gasteiger partial charge in [0.2, 0.25) is 5.91 Å². The molecule has 0 saturated heterocycles.